The van der Waals surface area contributed by atoms with Crippen LogP contribution in [0.1, 0.15) is 44.6 Å². The molecule has 0 aromatic heterocycles. The average molecular weight is 278 g/mol. The Morgan fingerprint density at radius 3 is 2.80 bits per heavy atom. The Morgan fingerprint density at radius 1 is 1.25 bits per heavy atom. The highest BCUT2D eigenvalue weighted by Gasteiger charge is 2.24. The summed E-state index contributed by atoms with van der Waals surface area (Å²) in [5.41, 5.74) is 0.771. The van der Waals surface area contributed by atoms with Crippen molar-refractivity contribution in [1.82, 2.24) is 0 Å². The lowest BCUT2D eigenvalue weighted by Gasteiger charge is -2.29. The molecule has 4 heteroatoms. The Hall–Kier alpha value is -1.42. The summed E-state index contributed by atoms with van der Waals surface area (Å²) in [4.78, 5) is 0. The summed E-state index contributed by atoms with van der Waals surface area (Å²) in [6.07, 6.45) is 6.20. The molecule has 1 aromatic carbocycles. The van der Waals surface area contributed by atoms with Crippen molar-refractivity contribution >= 4 is 0 Å². The van der Waals surface area contributed by atoms with Crippen molar-refractivity contribution in [2.75, 3.05) is 6.79 Å². The van der Waals surface area contributed by atoms with E-state index < -0.39 is 0 Å². The molecule has 2 aliphatic rings. The molecule has 0 saturated heterocycles. The minimum Gasteiger partial charge on any atom is -0.490 e. The molecule has 0 bridgehead atoms. The highest BCUT2D eigenvalue weighted by molar-refractivity contribution is 5.51. The van der Waals surface area contributed by atoms with Crippen LogP contribution < -0.4 is 14.2 Å². The molecule has 1 N–H and O–H groups in total. The van der Waals surface area contributed by atoms with Crippen LogP contribution in [0.2, 0.25) is 0 Å². The molecule has 1 aliphatic heterocycles. The molecule has 1 heterocycles. The van der Waals surface area contributed by atoms with Crippen LogP contribution in [0.4, 0.5) is 0 Å². The van der Waals surface area contributed by atoms with Crippen molar-refractivity contribution in [1.29, 1.82) is 0 Å². The monoisotopic (exact) mass is 278 g/mol. The molecule has 20 heavy (non-hydrogen) atoms. The van der Waals surface area contributed by atoms with Crippen LogP contribution in [-0.4, -0.2) is 18.0 Å². The van der Waals surface area contributed by atoms with Crippen LogP contribution in [0.15, 0.2) is 12.1 Å². The van der Waals surface area contributed by atoms with Crippen molar-refractivity contribution in [2.45, 2.75) is 51.7 Å². The summed E-state index contributed by atoms with van der Waals surface area (Å²) in [6.45, 7) is 2.44. The van der Waals surface area contributed by atoms with Gasteiger partial charge in [0.1, 0.15) is 5.75 Å². The molecule has 1 aliphatic carbocycles. The number of benzene rings is 1. The largest absolute Gasteiger partial charge is 0.490 e. The standard InChI is InChI=1S/C16H22O4/c1-2-11-4-3-5-13(6-11)20-14-8-16-15(18-10-19-16)7-12(14)9-17/h7-8,11,13,17H,2-6,9-10H2,1H3. The molecular weight excluding hydrogens is 256 g/mol. The fourth-order valence-corrected chi connectivity index (χ4v) is 3.10. The fourth-order valence-electron chi connectivity index (χ4n) is 3.10. The normalized spacial score (nSPS) is 24.7. The first-order valence-corrected chi connectivity index (χ1v) is 7.50. The molecule has 1 fully saturated rings. The molecule has 0 spiro atoms. The van der Waals surface area contributed by atoms with Gasteiger partial charge in [-0.2, -0.15) is 0 Å². The van der Waals surface area contributed by atoms with E-state index in [9.17, 15) is 5.11 Å². The van der Waals surface area contributed by atoms with Crippen molar-refractivity contribution in [3.05, 3.63) is 17.7 Å². The predicted molar refractivity (Wildman–Crippen MR) is 75.2 cm³/mol. The fraction of sp³-hybridized carbons (Fsp3) is 0.625. The highest BCUT2D eigenvalue weighted by Crippen LogP contribution is 2.39. The quantitative estimate of drug-likeness (QED) is 0.918. The zero-order chi connectivity index (χ0) is 13.9. The van der Waals surface area contributed by atoms with E-state index in [1.54, 1.807) is 0 Å². The van der Waals surface area contributed by atoms with Gasteiger partial charge in [0.15, 0.2) is 11.5 Å². The lowest BCUT2D eigenvalue weighted by Crippen LogP contribution is -2.25. The Bertz CT molecular complexity index is 472. The predicted octanol–water partition coefficient (Wildman–Crippen LogP) is 3.26. The highest BCUT2D eigenvalue weighted by atomic mass is 16.7. The first-order chi connectivity index (χ1) is 9.80. The lowest BCUT2D eigenvalue weighted by atomic mass is 9.85. The molecule has 2 unspecified atom stereocenters. The van der Waals surface area contributed by atoms with E-state index in [4.69, 9.17) is 14.2 Å². The summed E-state index contributed by atoms with van der Waals surface area (Å²) in [5, 5.41) is 9.50. The van der Waals surface area contributed by atoms with E-state index in [0.717, 1.165) is 30.1 Å². The van der Waals surface area contributed by atoms with Gasteiger partial charge in [-0.1, -0.05) is 19.8 Å². The minimum absolute atomic E-state index is 0.0457. The SMILES string of the molecule is CCC1CCCC(Oc2cc3c(cc2CO)OCO3)C1. The number of ether oxygens (including phenoxy) is 3. The summed E-state index contributed by atoms with van der Waals surface area (Å²) in [5.74, 6) is 2.90. The van der Waals surface area contributed by atoms with Gasteiger partial charge in [-0.05, 0) is 31.2 Å². The number of hydrogen-bond acceptors (Lipinski definition) is 4. The molecule has 1 saturated carbocycles. The van der Waals surface area contributed by atoms with E-state index in [1.807, 2.05) is 12.1 Å². The van der Waals surface area contributed by atoms with Gasteiger partial charge in [-0.25, -0.2) is 0 Å². The Balaban J connectivity index is 1.76. The zero-order valence-corrected chi connectivity index (χ0v) is 11.9. The molecule has 4 nitrogen and oxygen atoms in total. The first-order valence-electron chi connectivity index (χ1n) is 7.50. The van der Waals surface area contributed by atoms with Crippen LogP contribution in [0, 0.1) is 5.92 Å². The maximum atomic E-state index is 9.50. The van der Waals surface area contributed by atoms with Crippen molar-refractivity contribution < 1.29 is 19.3 Å². The Kier molecular flexibility index (Phi) is 4.01. The molecule has 2 atom stereocenters. The van der Waals surface area contributed by atoms with Crippen LogP contribution >= 0.6 is 0 Å². The number of aliphatic hydroxyl groups excluding tert-OH is 1. The Morgan fingerprint density at radius 2 is 2.05 bits per heavy atom. The number of rotatable bonds is 4. The third-order valence-corrected chi connectivity index (χ3v) is 4.33. The number of aliphatic hydroxyl groups is 1. The van der Waals surface area contributed by atoms with E-state index >= 15 is 0 Å². The summed E-state index contributed by atoms with van der Waals surface area (Å²) >= 11 is 0. The van der Waals surface area contributed by atoms with Gasteiger partial charge < -0.3 is 19.3 Å². The van der Waals surface area contributed by atoms with Gasteiger partial charge in [0, 0.05) is 11.6 Å². The van der Waals surface area contributed by atoms with E-state index in [2.05, 4.69) is 6.92 Å². The van der Waals surface area contributed by atoms with E-state index in [-0.39, 0.29) is 19.5 Å². The number of hydrogen-bond donors (Lipinski definition) is 1. The third kappa shape index (κ3) is 2.70. The average Bonchev–Trinajstić information content (AvgIpc) is 2.93. The van der Waals surface area contributed by atoms with Crippen LogP contribution in [0.25, 0.3) is 0 Å². The second-order valence-corrected chi connectivity index (χ2v) is 5.65. The van der Waals surface area contributed by atoms with Crippen molar-refractivity contribution in [3.63, 3.8) is 0 Å². The van der Waals surface area contributed by atoms with Gasteiger partial charge in [-0.3, -0.25) is 0 Å². The molecule has 3 rings (SSSR count). The minimum atomic E-state index is -0.0457. The smallest absolute Gasteiger partial charge is 0.231 e. The molecule has 110 valence electrons. The number of fused-ring (bicyclic) bond motifs is 1. The van der Waals surface area contributed by atoms with Crippen molar-refractivity contribution in [3.8, 4) is 17.2 Å². The zero-order valence-electron chi connectivity index (χ0n) is 11.9. The summed E-state index contributed by atoms with van der Waals surface area (Å²) < 4.78 is 16.9. The van der Waals surface area contributed by atoms with Crippen molar-refractivity contribution in [2.24, 2.45) is 5.92 Å². The van der Waals surface area contributed by atoms with Gasteiger partial charge in [0.25, 0.3) is 0 Å². The first kappa shape index (κ1) is 13.6. The lowest BCUT2D eigenvalue weighted by molar-refractivity contribution is 0.118. The molecule has 1 aromatic rings. The van der Waals surface area contributed by atoms with Crippen LogP contribution in [0.5, 0.6) is 17.2 Å². The van der Waals surface area contributed by atoms with Gasteiger partial charge in [0.05, 0.1) is 12.7 Å². The maximum Gasteiger partial charge on any atom is 0.231 e. The van der Waals surface area contributed by atoms with Gasteiger partial charge in [0.2, 0.25) is 6.79 Å². The molecular formula is C16H22O4. The molecule has 0 amide bonds. The summed E-state index contributed by atoms with van der Waals surface area (Å²) in [6, 6.07) is 3.67. The van der Waals surface area contributed by atoms with E-state index in [0.29, 0.717) is 11.5 Å². The molecule has 0 radical (unpaired) electrons. The van der Waals surface area contributed by atoms with Crippen LogP contribution in [0.3, 0.4) is 0 Å². The topological polar surface area (TPSA) is 47.9 Å². The second-order valence-electron chi connectivity index (χ2n) is 5.65. The van der Waals surface area contributed by atoms with Gasteiger partial charge in [-0.15, -0.1) is 0 Å². The Labute approximate surface area is 119 Å². The van der Waals surface area contributed by atoms with E-state index in [1.165, 1.54) is 19.3 Å². The summed E-state index contributed by atoms with van der Waals surface area (Å²) in [7, 11) is 0. The second kappa shape index (κ2) is 5.92. The maximum absolute atomic E-state index is 9.50. The van der Waals surface area contributed by atoms with Crippen LogP contribution in [-0.2, 0) is 6.61 Å². The third-order valence-electron chi connectivity index (χ3n) is 4.33. The van der Waals surface area contributed by atoms with Gasteiger partial charge >= 0.3 is 0 Å².